The second-order valence-corrected chi connectivity index (χ2v) is 4.92. The standard InChI is InChI=1S/C14H19N3/c1-10(2)12-5-7-13(8-6-12)14-15-9-17(16-14)11(3)4/h5-11H,1-4H3. The SMILES string of the molecule is CC(C)c1ccc(-c2ncn(C(C)C)n2)cc1. The molecule has 0 fully saturated rings. The molecule has 0 aliphatic carbocycles. The van der Waals surface area contributed by atoms with E-state index < -0.39 is 0 Å². The van der Waals surface area contributed by atoms with Crippen LogP contribution in [-0.2, 0) is 0 Å². The summed E-state index contributed by atoms with van der Waals surface area (Å²) >= 11 is 0. The van der Waals surface area contributed by atoms with Crippen molar-refractivity contribution in [2.75, 3.05) is 0 Å². The van der Waals surface area contributed by atoms with E-state index in [2.05, 4.69) is 62.0 Å². The van der Waals surface area contributed by atoms with Gasteiger partial charge in [0.2, 0.25) is 0 Å². The monoisotopic (exact) mass is 229 g/mol. The molecule has 0 saturated carbocycles. The molecule has 0 N–H and O–H groups in total. The van der Waals surface area contributed by atoms with Crippen molar-refractivity contribution in [1.29, 1.82) is 0 Å². The van der Waals surface area contributed by atoms with Gasteiger partial charge in [0.25, 0.3) is 0 Å². The maximum Gasteiger partial charge on any atom is 0.181 e. The molecule has 0 radical (unpaired) electrons. The highest BCUT2D eigenvalue weighted by atomic mass is 15.3. The van der Waals surface area contributed by atoms with Crippen LogP contribution in [0.2, 0.25) is 0 Å². The van der Waals surface area contributed by atoms with Gasteiger partial charge in [-0.05, 0) is 25.3 Å². The predicted octanol–water partition coefficient (Wildman–Crippen LogP) is 3.65. The highest BCUT2D eigenvalue weighted by Crippen LogP contribution is 2.20. The summed E-state index contributed by atoms with van der Waals surface area (Å²) in [6, 6.07) is 8.84. The van der Waals surface area contributed by atoms with Gasteiger partial charge in [-0.2, -0.15) is 5.10 Å². The number of benzene rings is 1. The fourth-order valence-corrected chi connectivity index (χ4v) is 1.67. The summed E-state index contributed by atoms with van der Waals surface area (Å²) < 4.78 is 1.88. The lowest BCUT2D eigenvalue weighted by Crippen LogP contribution is -2.00. The van der Waals surface area contributed by atoms with Gasteiger partial charge in [-0.15, -0.1) is 0 Å². The first-order valence-electron chi connectivity index (χ1n) is 6.09. The van der Waals surface area contributed by atoms with Crippen LogP contribution in [-0.4, -0.2) is 14.8 Å². The third-order valence-electron chi connectivity index (χ3n) is 2.87. The number of hydrogen-bond acceptors (Lipinski definition) is 2. The molecular formula is C14H19N3. The van der Waals surface area contributed by atoms with E-state index in [-0.39, 0.29) is 0 Å². The molecule has 1 aromatic heterocycles. The Morgan fingerprint density at radius 2 is 1.65 bits per heavy atom. The molecule has 3 heteroatoms. The van der Waals surface area contributed by atoms with Crippen LogP contribution in [0.5, 0.6) is 0 Å². The Labute approximate surface area is 103 Å². The molecule has 0 atom stereocenters. The lowest BCUT2D eigenvalue weighted by atomic mass is 10.0. The van der Waals surface area contributed by atoms with Gasteiger partial charge in [-0.25, -0.2) is 9.67 Å². The second kappa shape index (κ2) is 4.70. The average Bonchev–Trinajstić information content (AvgIpc) is 2.78. The van der Waals surface area contributed by atoms with Gasteiger partial charge in [-0.3, -0.25) is 0 Å². The van der Waals surface area contributed by atoms with E-state index in [1.54, 1.807) is 6.33 Å². The smallest absolute Gasteiger partial charge is 0.181 e. The zero-order valence-electron chi connectivity index (χ0n) is 10.9. The van der Waals surface area contributed by atoms with Crippen LogP contribution in [0.4, 0.5) is 0 Å². The molecule has 2 rings (SSSR count). The van der Waals surface area contributed by atoms with E-state index in [1.165, 1.54) is 5.56 Å². The fraction of sp³-hybridized carbons (Fsp3) is 0.429. The number of rotatable bonds is 3. The van der Waals surface area contributed by atoms with E-state index in [1.807, 2.05) is 4.68 Å². The lowest BCUT2D eigenvalue weighted by molar-refractivity contribution is 0.532. The van der Waals surface area contributed by atoms with Crippen molar-refractivity contribution in [3.8, 4) is 11.4 Å². The Morgan fingerprint density at radius 1 is 1.00 bits per heavy atom. The van der Waals surface area contributed by atoms with Gasteiger partial charge in [0, 0.05) is 11.6 Å². The van der Waals surface area contributed by atoms with Gasteiger partial charge >= 0.3 is 0 Å². The van der Waals surface area contributed by atoms with E-state index in [4.69, 9.17) is 0 Å². The molecule has 0 bridgehead atoms. The van der Waals surface area contributed by atoms with Gasteiger partial charge in [-0.1, -0.05) is 38.1 Å². The molecule has 90 valence electrons. The van der Waals surface area contributed by atoms with Crippen molar-refractivity contribution in [3.63, 3.8) is 0 Å². The van der Waals surface area contributed by atoms with E-state index in [0.29, 0.717) is 12.0 Å². The molecule has 0 spiro atoms. The largest absolute Gasteiger partial charge is 0.250 e. The summed E-state index contributed by atoms with van der Waals surface area (Å²) in [5.74, 6) is 1.36. The van der Waals surface area contributed by atoms with Crippen molar-refractivity contribution in [2.45, 2.75) is 39.7 Å². The van der Waals surface area contributed by atoms with Crippen molar-refractivity contribution in [2.24, 2.45) is 0 Å². The summed E-state index contributed by atoms with van der Waals surface area (Å²) in [6.45, 7) is 8.59. The van der Waals surface area contributed by atoms with Crippen molar-refractivity contribution in [3.05, 3.63) is 36.2 Å². The van der Waals surface area contributed by atoms with Crippen LogP contribution >= 0.6 is 0 Å². The molecule has 2 aromatic rings. The first-order valence-corrected chi connectivity index (χ1v) is 6.09. The molecule has 0 saturated heterocycles. The molecule has 1 heterocycles. The van der Waals surface area contributed by atoms with Crippen LogP contribution in [0.25, 0.3) is 11.4 Å². The van der Waals surface area contributed by atoms with Crippen LogP contribution in [0, 0.1) is 0 Å². The van der Waals surface area contributed by atoms with E-state index in [9.17, 15) is 0 Å². The quantitative estimate of drug-likeness (QED) is 0.804. The first kappa shape index (κ1) is 11.8. The molecule has 1 aromatic carbocycles. The van der Waals surface area contributed by atoms with Crippen molar-refractivity contribution < 1.29 is 0 Å². The maximum atomic E-state index is 4.46. The van der Waals surface area contributed by atoms with Gasteiger partial charge < -0.3 is 0 Å². The predicted molar refractivity (Wildman–Crippen MR) is 69.9 cm³/mol. The normalized spacial score (nSPS) is 11.4. The number of aromatic nitrogens is 3. The van der Waals surface area contributed by atoms with Gasteiger partial charge in [0.05, 0.1) is 0 Å². The molecule has 3 nitrogen and oxygen atoms in total. The third-order valence-corrected chi connectivity index (χ3v) is 2.87. The zero-order chi connectivity index (χ0) is 12.4. The van der Waals surface area contributed by atoms with Gasteiger partial charge in [0.1, 0.15) is 6.33 Å². The molecule has 0 unspecified atom stereocenters. The topological polar surface area (TPSA) is 30.7 Å². The van der Waals surface area contributed by atoms with Crippen LogP contribution in [0.15, 0.2) is 30.6 Å². The van der Waals surface area contributed by atoms with Crippen molar-refractivity contribution in [1.82, 2.24) is 14.8 Å². The highest BCUT2D eigenvalue weighted by Gasteiger charge is 2.06. The zero-order valence-corrected chi connectivity index (χ0v) is 10.9. The Hall–Kier alpha value is -1.64. The molecule has 17 heavy (non-hydrogen) atoms. The summed E-state index contributed by atoms with van der Waals surface area (Å²) in [6.07, 6.45) is 1.79. The fourth-order valence-electron chi connectivity index (χ4n) is 1.67. The van der Waals surface area contributed by atoms with E-state index >= 15 is 0 Å². The number of nitrogens with zero attached hydrogens (tertiary/aromatic N) is 3. The van der Waals surface area contributed by atoms with Crippen molar-refractivity contribution >= 4 is 0 Å². The summed E-state index contributed by atoms with van der Waals surface area (Å²) in [4.78, 5) is 4.33. The molecule has 0 aliphatic heterocycles. The minimum absolute atomic E-state index is 0.353. The Balaban J connectivity index is 2.27. The Morgan fingerprint density at radius 3 is 2.12 bits per heavy atom. The Bertz CT molecular complexity index is 480. The van der Waals surface area contributed by atoms with Crippen LogP contribution in [0.1, 0.15) is 45.2 Å². The average molecular weight is 229 g/mol. The van der Waals surface area contributed by atoms with Crippen LogP contribution in [0.3, 0.4) is 0 Å². The first-order chi connectivity index (χ1) is 8.08. The summed E-state index contributed by atoms with van der Waals surface area (Å²) in [5.41, 5.74) is 2.42. The molecule has 0 aliphatic rings. The summed E-state index contributed by atoms with van der Waals surface area (Å²) in [5, 5.41) is 4.46. The van der Waals surface area contributed by atoms with Crippen LogP contribution < -0.4 is 0 Å². The third kappa shape index (κ3) is 2.54. The molecule has 0 amide bonds. The molecular weight excluding hydrogens is 210 g/mol. The Kier molecular flexibility index (Phi) is 3.27. The minimum atomic E-state index is 0.353. The maximum absolute atomic E-state index is 4.46. The minimum Gasteiger partial charge on any atom is -0.250 e. The number of hydrogen-bond donors (Lipinski definition) is 0. The van der Waals surface area contributed by atoms with E-state index in [0.717, 1.165) is 11.4 Å². The summed E-state index contributed by atoms with van der Waals surface area (Å²) in [7, 11) is 0. The lowest BCUT2D eigenvalue weighted by Gasteiger charge is -2.05. The highest BCUT2D eigenvalue weighted by molar-refractivity contribution is 5.54. The van der Waals surface area contributed by atoms with Gasteiger partial charge in [0.15, 0.2) is 5.82 Å². The second-order valence-electron chi connectivity index (χ2n) is 4.92.